The Morgan fingerprint density at radius 1 is 1.13 bits per heavy atom. The van der Waals surface area contributed by atoms with Crippen molar-refractivity contribution in [2.45, 2.75) is 24.3 Å². The van der Waals surface area contributed by atoms with Crippen LogP contribution in [0.5, 0.6) is 5.75 Å². The fourth-order valence-corrected chi connectivity index (χ4v) is 4.67. The lowest BCUT2D eigenvalue weighted by Crippen LogP contribution is -2.38. The zero-order valence-electron chi connectivity index (χ0n) is 18.0. The molecule has 6 heteroatoms. The van der Waals surface area contributed by atoms with Crippen molar-refractivity contribution in [2.24, 2.45) is 5.92 Å². The average Bonchev–Trinajstić information content (AvgIpc) is 2.84. The predicted octanol–water partition coefficient (Wildman–Crippen LogP) is 4.97. The predicted molar refractivity (Wildman–Crippen MR) is 125 cm³/mol. The van der Waals surface area contributed by atoms with Gasteiger partial charge in [-0.25, -0.2) is 9.97 Å². The molecule has 1 saturated heterocycles. The number of piperidine rings is 1. The Kier molecular flexibility index (Phi) is 6.99. The first-order valence-electron chi connectivity index (χ1n) is 10.5. The Hall–Kier alpha value is -2.70. The van der Waals surface area contributed by atoms with E-state index >= 15 is 0 Å². The Bertz CT molecular complexity index is 1020. The number of likely N-dealkylation sites (tertiary alicyclic amines) is 1. The summed E-state index contributed by atoms with van der Waals surface area (Å²) in [5.41, 5.74) is 2.88. The molecule has 0 aliphatic carbocycles. The summed E-state index contributed by atoms with van der Waals surface area (Å²) in [5, 5.41) is 0. The smallest absolute Gasteiger partial charge is 0.168 e. The van der Waals surface area contributed by atoms with Gasteiger partial charge in [-0.3, -0.25) is 9.69 Å². The summed E-state index contributed by atoms with van der Waals surface area (Å²) >= 11 is 1.63. The summed E-state index contributed by atoms with van der Waals surface area (Å²) in [6.45, 7) is 2.53. The summed E-state index contributed by atoms with van der Waals surface area (Å²) in [6, 6.07) is 15.7. The van der Waals surface area contributed by atoms with Gasteiger partial charge in [-0.1, -0.05) is 18.2 Å². The molecule has 1 aliphatic heterocycles. The number of hydrogen-bond donors (Lipinski definition) is 0. The number of ketones is 1. The molecular weight excluding hydrogens is 406 g/mol. The lowest BCUT2D eigenvalue weighted by Gasteiger charge is -2.32. The van der Waals surface area contributed by atoms with Crippen molar-refractivity contribution in [1.29, 1.82) is 0 Å². The van der Waals surface area contributed by atoms with E-state index in [9.17, 15) is 4.79 Å². The molecular formula is C25H27N3O2S. The van der Waals surface area contributed by atoms with Gasteiger partial charge in [-0.15, -0.1) is 11.8 Å². The van der Waals surface area contributed by atoms with Crippen LogP contribution in [0, 0.1) is 5.92 Å². The summed E-state index contributed by atoms with van der Waals surface area (Å²) in [6.07, 6.45) is 7.78. The summed E-state index contributed by atoms with van der Waals surface area (Å²) in [5.74, 6) is 1.82. The molecule has 0 spiro atoms. The number of carbonyl (C=O) groups is 1. The normalized spacial score (nSPS) is 16.8. The fourth-order valence-electron chi connectivity index (χ4n) is 4.07. The molecule has 1 fully saturated rings. The fraction of sp³-hybridized carbons (Fsp3) is 0.320. The van der Waals surface area contributed by atoms with Gasteiger partial charge in [0.15, 0.2) is 11.6 Å². The van der Waals surface area contributed by atoms with Crippen molar-refractivity contribution in [3.8, 4) is 17.1 Å². The van der Waals surface area contributed by atoms with Crippen molar-refractivity contribution in [3.05, 3.63) is 72.1 Å². The van der Waals surface area contributed by atoms with Gasteiger partial charge >= 0.3 is 0 Å². The Balaban J connectivity index is 1.40. The maximum Gasteiger partial charge on any atom is 0.168 e. The second kappa shape index (κ2) is 10.1. The van der Waals surface area contributed by atoms with E-state index in [1.165, 1.54) is 0 Å². The van der Waals surface area contributed by atoms with Gasteiger partial charge in [0.1, 0.15) is 5.75 Å². The zero-order valence-corrected chi connectivity index (χ0v) is 18.8. The number of thioether (sulfide) groups is 1. The number of rotatable bonds is 7. The Labute approximate surface area is 187 Å². The molecule has 3 aromatic rings. The van der Waals surface area contributed by atoms with Crippen LogP contribution < -0.4 is 4.74 Å². The second-order valence-electron chi connectivity index (χ2n) is 7.78. The van der Waals surface area contributed by atoms with Crippen LogP contribution in [0.2, 0.25) is 0 Å². The van der Waals surface area contributed by atoms with Crippen LogP contribution in [-0.4, -0.2) is 47.1 Å². The van der Waals surface area contributed by atoms with Crippen LogP contribution in [0.15, 0.2) is 65.8 Å². The molecule has 2 heterocycles. The van der Waals surface area contributed by atoms with Gasteiger partial charge in [0.25, 0.3) is 0 Å². The van der Waals surface area contributed by atoms with Crippen LogP contribution in [0.25, 0.3) is 11.4 Å². The number of benzene rings is 2. The highest BCUT2D eigenvalue weighted by Crippen LogP contribution is 2.27. The van der Waals surface area contributed by atoms with Gasteiger partial charge in [0.2, 0.25) is 0 Å². The van der Waals surface area contributed by atoms with E-state index in [2.05, 4.69) is 14.9 Å². The lowest BCUT2D eigenvalue weighted by atomic mass is 9.90. The van der Waals surface area contributed by atoms with Crippen molar-refractivity contribution in [1.82, 2.24) is 14.9 Å². The van der Waals surface area contributed by atoms with Crippen LogP contribution in [0.4, 0.5) is 0 Å². The van der Waals surface area contributed by atoms with Crippen molar-refractivity contribution in [3.63, 3.8) is 0 Å². The molecule has 0 radical (unpaired) electrons. The third-order valence-electron chi connectivity index (χ3n) is 5.71. The first kappa shape index (κ1) is 21.5. The lowest BCUT2D eigenvalue weighted by molar-refractivity contribution is 0.0808. The standard InChI is InChI=1S/C25H27N3O2S/c1-30-21-11-9-19(10-12-21)25-26-14-18(15-27-25)16-28-13-5-6-20(17-28)24(29)22-7-3-4-8-23(22)31-2/h3-4,7-12,14-15,20H,5-6,13,16-17H2,1-2H3/t20-/m1/s1. The van der Waals surface area contributed by atoms with Crippen LogP contribution in [0.1, 0.15) is 28.8 Å². The molecule has 4 rings (SSSR count). The molecule has 0 amide bonds. The second-order valence-corrected chi connectivity index (χ2v) is 8.63. The van der Waals surface area contributed by atoms with E-state index in [1.54, 1.807) is 18.9 Å². The molecule has 0 bridgehead atoms. The molecule has 1 aromatic heterocycles. The van der Waals surface area contributed by atoms with Crippen molar-refractivity contribution >= 4 is 17.5 Å². The average molecular weight is 434 g/mol. The number of ether oxygens (including phenoxy) is 1. The minimum Gasteiger partial charge on any atom is -0.497 e. The first-order valence-corrected chi connectivity index (χ1v) is 11.8. The van der Waals surface area contributed by atoms with E-state index < -0.39 is 0 Å². The van der Waals surface area contributed by atoms with E-state index in [0.717, 1.165) is 59.8 Å². The topological polar surface area (TPSA) is 55.3 Å². The Morgan fingerprint density at radius 2 is 1.87 bits per heavy atom. The number of hydrogen-bond acceptors (Lipinski definition) is 6. The molecule has 0 saturated carbocycles. The summed E-state index contributed by atoms with van der Waals surface area (Å²) < 4.78 is 5.20. The molecule has 0 N–H and O–H groups in total. The molecule has 160 valence electrons. The number of nitrogens with zero attached hydrogens (tertiary/aromatic N) is 3. The van der Waals surface area contributed by atoms with Gasteiger partial charge < -0.3 is 4.74 Å². The molecule has 2 aromatic carbocycles. The molecule has 1 atom stereocenters. The SMILES string of the molecule is COc1ccc(-c2ncc(CN3CCC[C@@H](C(=O)c4ccccc4SC)C3)cn2)cc1. The maximum absolute atomic E-state index is 13.2. The maximum atomic E-state index is 13.2. The minimum atomic E-state index is 0.0431. The van der Waals surface area contributed by atoms with E-state index in [-0.39, 0.29) is 11.7 Å². The Morgan fingerprint density at radius 3 is 2.58 bits per heavy atom. The number of aromatic nitrogens is 2. The highest BCUT2D eigenvalue weighted by Gasteiger charge is 2.27. The summed E-state index contributed by atoms with van der Waals surface area (Å²) in [7, 11) is 1.65. The number of Topliss-reactive ketones (excluding diaryl/α,β-unsaturated/α-hetero) is 1. The highest BCUT2D eigenvalue weighted by atomic mass is 32.2. The van der Waals surface area contributed by atoms with Crippen molar-refractivity contribution < 1.29 is 9.53 Å². The third kappa shape index (κ3) is 5.14. The molecule has 0 unspecified atom stereocenters. The highest BCUT2D eigenvalue weighted by molar-refractivity contribution is 7.98. The van der Waals surface area contributed by atoms with Crippen LogP contribution in [0.3, 0.4) is 0 Å². The minimum absolute atomic E-state index is 0.0431. The van der Waals surface area contributed by atoms with E-state index in [1.807, 2.05) is 67.2 Å². The van der Waals surface area contributed by atoms with Gasteiger partial charge in [0, 0.05) is 53.0 Å². The quantitative estimate of drug-likeness (QED) is 0.387. The molecule has 5 nitrogen and oxygen atoms in total. The van der Waals surface area contributed by atoms with Gasteiger partial charge in [0.05, 0.1) is 7.11 Å². The third-order valence-corrected chi connectivity index (χ3v) is 6.50. The monoisotopic (exact) mass is 433 g/mol. The number of methoxy groups -OCH3 is 1. The number of carbonyl (C=O) groups excluding carboxylic acids is 1. The summed E-state index contributed by atoms with van der Waals surface area (Å²) in [4.78, 5) is 25.7. The molecule has 31 heavy (non-hydrogen) atoms. The molecule has 1 aliphatic rings. The van der Waals surface area contributed by atoms with Crippen molar-refractivity contribution in [2.75, 3.05) is 26.5 Å². The van der Waals surface area contributed by atoms with Crippen LogP contribution >= 0.6 is 11.8 Å². The first-order chi connectivity index (χ1) is 15.2. The van der Waals surface area contributed by atoms with E-state index in [4.69, 9.17) is 4.74 Å². The van der Waals surface area contributed by atoms with Gasteiger partial charge in [-0.2, -0.15) is 0 Å². The zero-order chi connectivity index (χ0) is 21.6. The van der Waals surface area contributed by atoms with Gasteiger partial charge in [-0.05, 0) is 56.0 Å². The van der Waals surface area contributed by atoms with Crippen LogP contribution in [-0.2, 0) is 6.54 Å². The van der Waals surface area contributed by atoms with E-state index in [0.29, 0.717) is 5.82 Å². The largest absolute Gasteiger partial charge is 0.497 e.